The molecule has 0 fully saturated rings. The number of ether oxygens (including phenoxy) is 2. The molecule has 1 amide bonds. The van der Waals surface area contributed by atoms with E-state index in [0.29, 0.717) is 30.2 Å². The summed E-state index contributed by atoms with van der Waals surface area (Å²) in [6, 6.07) is 15.1. The smallest absolute Gasteiger partial charge is 0.294 e. The summed E-state index contributed by atoms with van der Waals surface area (Å²) in [5.41, 5.74) is 2.62. The van der Waals surface area contributed by atoms with Gasteiger partial charge in [0, 0.05) is 19.7 Å². The van der Waals surface area contributed by atoms with Crippen molar-refractivity contribution in [1.29, 1.82) is 0 Å². The van der Waals surface area contributed by atoms with Gasteiger partial charge in [0.2, 0.25) is 0 Å². The topological polar surface area (TPSA) is 69.2 Å². The van der Waals surface area contributed by atoms with Crippen molar-refractivity contribution in [2.24, 2.45) is 0 Å². The van der Waals surface area contributed by atoms with Gasteiger partial charge in [-0.25, -0.2) is 4.98 Å². The maximum Gasteiger partial charge on any atom is 0.294 e. The van der Waals surface area contributed by atoms with Gasteiger partial charge in [0.25, 0.3) is 5.91 Å². The van der Waals surface area contributed by atoms with E-state index in [-0.39, 0.29) is 11.7 Å². The Morgan fingerprint density at radius 3 is 2.81 bits per heavy atom. The first kappa shape index (κ1) is 20.5. The minimum atomic E-state index is -0.231. The van der Waals surface area contributed by atoms with Crippen LogP contribution in [0, 0.1) is 0 Å². The number of furan rings is 1. The van der Waals surface area contributed by atoms with Crippen LogP contribution in [0.5, 0.6) is 11.5 Å². The van der Waals surface area contributed by atoms with E-state index < -0.39 is 0 Å². The van der Waals surface area contributed by atoms with Crippen molar-refractivity contribution < 1.29 is 18.7 Å². The summed E-state index contributed by atoms with van der Waals surface area (Å²) in [5, 5.41) is 0. The summed E-state index contributed by atoms with van der Waals surface area (Å²) in [7, 11) is 3.38. The van der Waals surface area contributed by atoms with E-state index in [9.17, 15) is 4.79 Å². The van der Waals surface area contributed by atoms with Crippen LogP contribution in [0.1, 0.15) is 28.7 Å². The average Bonchev–Trinajstić information content (AvgIpc) is 3.46. The fourth-order valence-electron chi connectivity index (χ4n) is 3.55. The lowest BCUT2D eigenvalue weighted by Gasteiger charge is -2.17. The van der Waals surface area contributed by atoms with Gasteiger partial charge in [-0.05, 0) is 48.4 Å². The monoisotopic (exact) mass is 419 g/mol. The third kappa shape index (κ3) is 4.12. The lowest BCUT2D eigenvalue weighted by atomic mass is 10.1. The van der Waals surface area contributed by atoms with Crippen LogP contribution in [-0.4, -0.2) is 36.1 Å². The summed E-state index contributed by atoms with van der Waals surface area (Å²) >= 11 is 0. The lowest BCUT2D eigenvalue weighted by molar-refractivity contribution is 0.0965. The van der Waals surface area contributed by atoms with Gasteiger partial charge in [0.1, 0.15) is 11.6 Å². The Labute approximate surface area is 180 Å². The quantitative estimate of drug-likeness (QED) is 0.424. The second-order valence-electron chi connectivity index (χ2n) is 7.09. The number of fused-ring (bicyclic) bond motifs is 1. The molecule has 0 radical (unpaired) electrons. The minimum absolute atomic E-state index is 0.231. The molecule has 0 unspecified atom stereocenters. The van der Waals surface area contributed by atoms with E-state index in [1.54, 1.807) is 31.2 Å². The highest BCUT2D eigenvalue weighted by Crippen LogP contribution is 2.29. The highest BCUT2D eigenvalue weighted by atomic mass is 16.5. The van der Waals surface area contributed by atoms with Crippen LogP contribution in [0.4, 0.5) is 5.82 Å². The number of amides is 1. The van der Waals surface area contributed by atoms with Crippen molar-refractivity contribution in [1.82, 2.24) is 9.38 Å². The highest BCUT2D eigenvalue weighted by Gasteiger charge is 2.24. The van der Waals surface area contributed by atoms with Gasteiger partial charge in [0.15, 0.2) is 17.2 Å². The minimum Gasteiger partial charge on any atom is -0.497 e. The molecule has 3 heterocycles. The van der Waals surface area contributed by atoms with Crippen LogP contribution < -0.4 is 14.4 Å². The Morgan fingerprint density at radius 1 is 1.19 bits per heavy atom. The third-order valence-electron chi connectivity index (χ3n) is 5.13. The zero-order chi connectivity index (χ0) is 21.8. The molecule has 1 aromatic carbocycles. The normalized spacial score (nSPS) is 10.9. The largest absolute Gasteiger partial charge is 0.497 e. The number of methoxy groups -OCH3 is 1. The molecule has 160 valence electrons. The molecule has 4 aromatic rings. The Bertz CT molecular complexity index is 1180. The zero-order valence-corrected chi connectivity index (χ0v) is 17.9. The summed E-state index contributed by atoms with van der Waals surface area (Å²) in [5.74, 6) is 2.26. The van der Waals surface area contributed by atoms with E-state index >= 15 is 0 Å². The van der Waals surface area contributed by atoms with Gasteiger partial charge in [0.05, 0.1) is 25.7 Å². The number of carbonyl (C=O) groups is 1. The second-order valence-corrected chi connectivity index (χ2v) is 7.09. The first-order valence-electron chi connectivity index (χ1n) is 10.2. The predicted molar refractivity (Wildman–Crippen MR) is 118 cm³/mol. The van der Waals surface area contributed by atoms with Gasteiger partial charge in [-0.1, -0.05) is 19.1 Å². The molecule has 31 heavy (non-hydrogen) atoms. The molecule has 0 spiro atoms. The van der Waals surface area contributed by atoms with E-state index in [2.05, 4.69) is 0 Å². The molecule has 0 saturated heterocycles. The number of aryl methyl sites for hydroxylation is 1. The number of anilines is 1. The number of imidazole rings is 1. The number of hydrogen-bond acceptors (Lipinski definition) is 5. The number of pyridine rings is 1. The summed E-state index contributed by atoms with van der Waals surface area (Å²) in [6.45, 7) is 2.51. The summed E-state index contributed by atoms with van der Waals surface area (Å²) in [6.07, 6.45) is 4.79. The maximum atomic E-state index is 12.8. The van der Waals surface area contributed by atoms with Gasteiger partial charge in [-0.15, -0.1) is 0 Å². The Hall–Kier alpha value is -3.74. The molecule has 3 aromatic heterocycles. The predicted octanol–water partition coefficient (Wildman–Crippen LogP) is 4.40. The Kier molecular flexibility index (Phi) is 5.93. The van der Waals surface area contributed by atoms with E-state index in [0.717, 1.165) is 23.4 Å². The molecule has 0 atom stereocenters. The molecule has 7 heteroatoms. The number of benzene rings is 1. The molecule has 0 aliphatic rings. The van der Waals surface area contributed by atoms with Crippen molar-refractivity contribution in [3.63, 3.8) is 0 Å². The lowest BCUT2D eigenvalue weighted by Crippen LogP contribution is -2.28. The van der Waals surface area contributed by atoms with Crippen LogP contribution in [-0.2, 0) is 12.8 Å². The molecule has 0 aliphatic heterocycles. The molecule has 0 saturated carbocycles. The number of hydrogen-bond donors (Lipinski definition) is 0. The van der Waals surface area contributed by atoms with E-state index in [1.165, 1.54) is 6.26 Å². The van der Waals surface area contributed by atoms with Crippen LogP contribution in [0.25, 0.3) is 5.65 Å². The fourth-order valence-corrected chi connectivity index (χ4v) is 3.55. The van der Waals surface area contributed by atoms with Crippen LogP contribution in [0.3, 0.4) is 0 Å². The third-order valence-corrected chi connectivity index (χ3v) is 5.13. The van der Waals surface area contributed by atoms with Crippen molar-refractivity contribution >= 4 is 17.4 Å². The summed E-state index contributed by atoms with van der Waals surface area (Å²) < 4.78 is 18.5. The molecular weight excluding hydrogens is 394 g/mol. The van der Waals surface area contributed by atoms with Gasteiger partial charge in [-0.3, -0.25) is 14.1 Å². The first-order chi connectivity index (χ1) is 15.1. The zero-order valence-electron chi connectivity index (χ0n) is 17.9. The van der Waals surface area contributed by atoms with Gasteiger partial charge < -0.3 is 13.9 Å². The highest BCUT2D eigenvalue weighted by molar-refractivity contribution is 6.03. The molecule has 0 bridgehead atoms. The first-order valence-corrected chi connectivity index (χ1v) is 10.2. The van der Waals surface area contributed by atoms with Crippen LogP contribution in [0.15, 0.2) is 65.4 Å². The number of aromatic nitrogens is 2. The van der Waals surface area contributed by atoms with Crippen molar-refractivity contribution in [3.8, 4) is 11.5 Å². The van der Waals surface area contributed by atoms with Crippen LogP contribution >= 0.6 is 0 Å². The van der Waals surface area contributed by atoms with Crippen LogP contribution in [0.2, 0.25) is 0 Å². The average molecular weight is 419 g/mol. The molecule has 7 nitrogen and oxygen atoms in total. The van der Waals surface area contributed by atoms with Crippen molar-refractivity contribution in [3.05, 3.63) is 78.0 Å². The SMILES string of the molecule is CCc1nc2c(OCCc3cccc(OC)c3)cccn2c1N(C)C(=O)c1ccco1. The number of rotatable bonds is 8. The van der Waals surface area contributed by atoms with E-state index in [1.807, 2.05) is 53.9 Å². The fraction of sp³-hybridized carbons (Fsp3) is 0.250. The van der Waals surface area contributed by atoms with Crippen molar-refractivity contribution in [2.75, 3.05) is 25.7 Å². The second kappa shape index (κ2) is 8.95. The Morgan fingerprint density at radius 2 is 2.06 bits per heavy atom. The molecular formula is C24H25N3O4. The number of carbonyl (C=O) groups excluding carboxylic acids is 1. The summed E-state index contributed by atoms with van der Waals surface area (Å²) in [4.78, 5) is 19.2. The number of nitrogens with zero attached hydrogens (tertiary/aromatic N) is 3. The van der Waals surface area contributed by atoms with Gasteiger partial charge >= 0.3 is 0 Å². The molecule has 0 aliphatic carbocycles. The van der Waals surface area contributed by atoms with Crippen molar-refractivity contribution in [2.45, 2.75) is 19.8 Å². The van der Waals surface area contributed by atoms with E-state index in [4.69, 9.17) is 18.9 Å². The maximum absolute atomic E-state index is 12.8. The van der Waals surface area contributed by atoms with Gasteiger partial charge in [-0.2, -0.15) is 0 Å². The standard InChI is InChI=1S/C24H25N3O4/c1-4-19-23(26(2)24(28)21-11-7-14-30-21)27-13-6-10-20(22(27)25-19)31-15-12-17-8-5-9-18(16-17)29-3/h5-11,13-14,16H,4,12,15H2,1-3H3. The molecule has 0 N–H and O–H groups in total. The molecule has 4 rings (SSSR count). The Balaban J connectivity index is 1.59.